The van der Waals surface area contributed by atoms with E-state index >= 15 is 0 Å². The molecule has 1 aliphatic carbocycles. The van der Waals surface area contributed by atoms with E-state index < -0.39 is 53.4 Å². The highest BCUT2D eigenvalue weighted by molar-refractivity contribution is 5.96. The Balaban J connectivity index is 1.51. The number of nitrogens with zero attached hydrogens (tertiary/aromatic N) is 2. The Morgan fingerprint density at radius 1 is 1.04 bits per heavy atom. The number of β-amino-alcohol motifs (C(OH)–C–C–N with tert-alkyl or cyclic N) is 1. The Morgan fingerprint density at radius 3 is 2.22 bits per heavy atom. The number of amides is 2. The normalized spacial score (nSPS) is 22.4. The van der Waals surface area contributed by atoms with E-state index in [2.05, 4.69) is 13.8 Å². The van der Waals surface area contributed by atoms with E-state index in [4.69, 9.17) is 9.47 Å². The predicted octanol–water partition coefficient (Wildman–Crippen LogP) is 7.10. The molecule has 2 amide bonds. The molecule has 2 aromatic carbocycles. The van der Waals surface area contributed by atoms with Gasteiger partial charge >= 0.3 is 18.4 Å². The molecule has 3 aliphatic rings. The lowest BCUT2D eigenvalue weighted by Crippen LogP contribution is -2.53. The van der Waals surface area contributed by atoms with Crippen molar-refractivity contribution < 1.29 is 50.5 Å². The highest BCUT2D eigenvalue weighted by atomic mass is 19.4. The molecule has 244 valence electrons. The van der Waals surface area contributed by atoms with Crippen LogP contribution in [-0.4, -0.2) is 65.8 Å². The van der Waals surface area contributed by atoms with Crippen LogP contribution in [0, 0.1) is 5.41 Å². The number of hydrogen-bond donors (Lipinski definition) is 1. The number of halogens is 6. The van der Waals surface area contributed by atoms with Gasteiger partial charge in [0.25, 0.3) is 5.91 Å². The second-order valence-corrected chi connectivity index (χ2v) is 12.7. The summed E-state index contributed by atoms with van der Waals surface area (Å²) < 4.78 is 92.3. The molecule has 0 aromatic heterocycles. The molecule has 45 heavy (non-hydrogen) atoms. The Labute approximate surface area is 256 Å². The summed E-state index contributed by atoms with van der Waals surface area (Å²) in [4.78, 5) is 29.0. The smallest absolute Gasteiger partial charge is 0.416 e. The average molecular weight is 641 g/mol. The third kappa shape index (κ3) is 6.63. The molecule has 13 heteroatoms. The summed E-state index contributed by atoms with van der Waals surface area (Å²) >= 11 is 0. The molecule has 2 saturated heterocycles. The van der Waals surface area contributed by atoms with Gasteiger partial charge in [-0.15, -0.1) is 0 Å². The number of allylic oxidation sites excluding steroid dienone is 1. The average Bonchev–Trinajstić information content (AvgIpc) is 3.22. The summed E-state index contributed by atoms with van der Waals surface area (Å²) in [7, 11) is 1.49. The van der Waals surface area contributed by atoms with Crippen molar-refractivity contribution in [2.45, 2.75) is 70.6 Å². The molecule has 2 atom stereocenters. The summed E-state index contributed by atoms with van der Waals surface area (Å²) in [6.07, 6.45) is -11.0. The highest BCUT2D eigenvalue weighted by Crippen LogP contribution is 2.47. The van der Waals surface area contributed by atoms with E-state index in [0.29, 0.717) is 41.9 Å². The number of alkyl halides is 6. The van der Waals surface area contributed by atoms with Gasteiger partial charge in [-0.3, -0.25) is 9.69 Å². The number of ether oxygens (including phenoxy) is 2. The topological polar surface area (TPSA) is 79.3 Å². The fourth-order valence-electron chi connectivity index (χ4n) is 6.28. The molecule has 0 spiro atoms. The van der Waals surface area contributed by atoms with Crippen LogP contribution in [0.25, 0.3) is 5.57 Å². The zero-order valence-electron chi connectivity index (χ0n) is 25.2. The van der Waals surface area contributed by atoms with Gasteiger partial charge in [-0.2, -0.15) is 26.3 Å². The number of aliphatic hydroxyl groups is 1. The molecule has 0 saturated carbocycles. The Kier molecular flexibility index (Phi) is 8.39. The minimum Gasteiger partial charge on any atom is -0.496 e. The van der Waals surface area contributed by atoms with Crippen LogP contribution in [-0.2, 0) is 17.1 Å². The minimum atomic E-state index is -5.04. The van der Waals surface area contributed by atoms with E-state index in [9.17, 15) is 41.0 Å². The van der Waals surface area contributed by atoms with Crippen LogP contribution in [0.3, 0.4) is 0 Å². The first kappa shape index (κ1) is 32.6. The number of aliphatic hydroxyl groups excluding tert-OH is 1. The van der Waals surface area contributed by atoms with E-state index in [0.717, 1.165) is 17.6 Å². The summed E-state index contributed by atoms with van der Waals surface area (Å²) in [5.74, 6) is 0.252. The summed E-state index contributed by atoms with van der Waals surface area (Å²) in [6, 6.07) is 5.36. The lowest BCUT2D eigenvalue weighted by atomic mass is 9.72. The first-order valence-electron chi connectivity index (χ1n) is 14.5. The summed E-state index contributed by atoms with van der Waals surface area (Å²) in [6.45, 7) is 6.13. The summed E-state index contributed by atoms with van der Waals surface area (Å²) in [5, 5.41) is 9.64. The van der Waals surface area contributed by atoms with Gasteiger partial charge in [0.15, 0.2) is 0 Å². The van der Waals surface area contributed by atoms with Crippen molar-refractivity contribution in [3.8, 4) is 5.75 Å². The van der Waals surface area contributed by atoms with Crippen LogP contribution in [0.1, 0.15) is 78.7 Å². The highest BCUT2D eigenvalue weighted by Gasteiger charge is 2.44. The number of likely N-dealkylation sites (tertiary alicyclic amines) is 1. The maximum atomic E-state index is 13.5. The monoisotopic (exact) mass is 640 g/mol. The Hall–Kier alpha value is -3.74. The van der Waals surface area contributed by atoms with Gasteiger partial charge in [0, 0.05) is 30.8 Å². The molecule has 0 unspecified atom stereocenters. The van der Waals surface area contributed by atoms with Gasteiger partial charge < -0.3 is 19.5 Å². The fraction of sp³-hybridized carbons (Fsp3) is 0.500. The molecule has 2 fully saturated rings. The van der Waals surface area contributed by atoms with Crippen LogP contribution in [0.2, 0.25) is 0 Å². The standard InChI is InChI=1S/C32H34F6N2O5/c1-17-27(19-9-21(31(33,34)35)12-22(10-19)32(36,37)38)45-29(43)40(17)14-20-13-30(2,3)8-7-24(20)25-11-18(5-6-26(25)44-4)28(42)39-15-23(41)16-39/h5-6,9-12,17,23,27,41H,7-8,13-16H2,1-4H3/t17-,27-/m0/s1. The third-order valence-corrected chi connectivity index (χ3v) is 8.78. The van der Waals surface area contributed by atoms with Crippen LogP contribution in [0.4, 0.5) is 31.1 Å². The van der Waals surface area contributed by atoms with Crippen molar-refractivity contribution in [1.82, 2.24) is 9.80 Å². The van der Waals surface area contributed by atoms with E-state index in [-0.39, 0.29) is 37.0 Å². The molecular formula is C32H34F6N2O5. The zero-order chi connectivity index (χ0) is 33.1. The molecule has 7 nitrogen and oxygen atoms in total. The maximum absolute atomic E-state index is 13.5. The molecule has 2 heterocycles. The molecule has 5 rings (SSSR count). The Morgan fingerprint density at radius 2 is 1.67 bits per heavy atom. The van der Waals surface area contributed by atoms with Crippen LogP contribution in [0.5, 0.6) is 5.75 Å². The third-order valence-electron chi connectivity index (χ3n) is 8.78. The fourth-order valence-corrected chi connectivity index (χ4v) is 6.28. The molecule has 2 aromatic rings. The zero-order valence-corrected chi connectivity index (χ0v) is 25.2. The maximum Gasteiger partial charge on any atom is 0.416 e. The van der Waals surface area contributed by atoms with Gasteiger partial charge in [-0.25, -0.2) is 4.79 Å². The number of rotatable bonds is 6. The van der Waals surface area contributed by atoms with Gasteiger partial charge in [0.1, 0.15) is 11.9 Å². The quantitative estimate of drug-likeness (QED) is 0.341. The second kappa shape index (κ2) is 11.6. The van der Waals surface area contributed by atoms with Crippen molar-refractivity contribution in [3.05, 3.63) is 69.8 Å². The first-order valence-corrected chi connectivity index (χ1v) is 14.5. The van der Waals surface area contributed by atoms with E-state index in [1.807, 2.05) is 0 Å². The number of carbonyl (C=O) groups is 2. The van der Waals surface area contributed by atoms with Gasteiger partial charge in [0.05, 0.1) is 30.4 Å². The largest absolute Gasteiger partial charge is 0.496 e. The molecule has 0 radical (unpaired) electrons. The number of hydrogen-bond acceptors (Lipinski definition) is 5. The number of carbonyl (C=O) groups excluding carboxylic acids is 2. The van der Waals surface area contributed by atoms with Crippen molar-refractivity contribution in [3.63, 3.8) is 0 Å². The molecule has 2 aliphatic heterocycles. The van der Waals surface area contributed by atoms with Crippen LogP contribution in [0.15, 0.2) is 42.0 Å². The summed E-state index contributed by atoms with van der Waals surface area (Å²) in [5.41, 5.74) is -0.841. The lowest BCUT2D eigenvalue weighted by Gasteiger charge is -2.37. The van der Waals surface area contributed by atoms with Crippen molar-refractivity contribution in [2.75, 3.05) is 26.7 Å². The van der Waals surface area contributed by atoms with E-state index in [1.54, 1.807) is 18.2 Å². The predicted molar refractivity (Wildman–Crippen MR) is 151 cm³/mol. The van der Waals surface area contributed by atoms with Crippen LogP contribution >= 0.6 is 0 Å². The van der Waals surface area contributed by atoms with Crippen molar-refractivity contribution in [1.29, 1.82) is 0 Å². The molecule has 1 N–H and O–H groups in total. The van der Waals surface area contributed by atoms with Crippen LogP contribution < -0.4 is 4.74 Å². The molecule has 0 bridgehead atoms. The lowest BCUT2D eigenvalue weighted by molar-refractivity contribution is -0.143. The number of benzene rings is 2. The van der Waals surface area contributed by atoms with Crippen molar-refractivity contribution >= 4 is 17.6 Å². The number of methoxy groups -OCH3 is 1. The van der Waals surface area contributed by atoms with Crippen molar-refractivity contribution in [2.24, 2.45) is 5.41 Å². The second-order valence-electron chi connectivity index (χ2n) is 12.7. The molecular weight excluding hydrogens is 606 g/mol. The number of cyclic esters (lactones) is 1. The van der Waals surface area contributed by atoms with Gasteiger partial charge in [0.2, 0.25) is 0 Å². The van der Waals surface area contributed by atoms with E-state index in [1.165, 1.54) is 23.8 Å². The first-order chi connectivity index (χ1) is 20.9. The van der Waals surface area contributed by atoms with Gasteiger partial charge in [-0.05, 0) is 84.7 Å². The Bertz CT molecular complexity index is 1490. The SMILES string of the molecule is COc1ccc(C(=O)N2CC(O)C2)cc1C1=C(CN2C(=O)O[C@H](c3cc(C(F)(F)F)cc(C(F)(F)F)c3)[C@@H]2C)CC(C)(C)CC1. The minimum absolute atomic E-state index is 0.0139. The van der Waals surface area contributed by atoms with Gasteiger partial charge in [-0.1, -0.05) is 13.8 Å².